The van der Waals surface area contributed by atoms with Gasteiger partial charge in [0.25, 0.3) is 0 Å². The van der Waals surface area contributed by atoms with Gasteiger partial charge in [0, 0.05) is 0 Å². The third-order valence-corrected chi connectivity index (χ3v) is 3.97. The molecule has 0 N–H and O–H groups in total. The zero-order chi connectivity index (χ0) is 14.5. The van der Waals surface area contributed by atoms with Gasteiger partial charge in [-0.15, -0.1) is 0 Å². The molecule has 0 aliphatic rings. The molecule has 0 nitrogen and oxygen atoms in total. The van der Waals surface area contributed by atoms with E-state index < -0.39 is 0 Å². The van der Waals surface area contributed by atoms with Crippen molar-refractivity contribution in [2.24, 2.45) is 0 Å². The quantitative estimate of drug-likeness (QED) is 0.631. The summed E-state index contributed by atoms with van der Waals surface area (Å²) in [5, 5.41) is 0. The molecule has 0 unspecified atom stereocenters. The van der Waals surface area contributed by atoms with E-state index in [1.54, 1.807) is 0 Å². The number of benzene rings is 3. The fourth-order valence-corrected chi connectivity index (χ4v) is 2.80. The first-order valence-corrected chi connectivity index (χ1v) is 7.48. The Morgan fingerprint density at radius 3 is 1.76 bits per heavy atom. The monoisotopic (exact) mass is 264 g/mol. The topological polar surface area (TPSA) is 0 Å². The number of hydrogen-bond acceptors (Lipinski definition) is 0. The third-order valence-electron chi connectivity index (χ3n) is 3.97. The van der Waals surface area contributed by atoms with Gasteiger partial charge in [-0.2, -0.15) is 0 Å². The molecule has 0 saturated carbocycles. The van der Waals surface area contributed by atoms with Crippen LogP contribution in [0.4, 0.5) is 0 Å². The van der Waals surface area contributed by atoms with Crippen LogP contribution in [0.2, 0.25) is 0 Å². The van der Waals surface area contributed by atoms with Crippen molar-refractivity contribution in [3.8, 4) is 0 Å². The second-order valence-corrected chi connectivity index (χ2v) is 5.54. The van der Waals surface area contributed by atoms with Gasteiger partial charge >= 0.3 is 136 Å². The van der Waals surface area contributed by atoms with Crippen LogP contribution in [0.1, 0.15) is 22.3 Å². The van der Waals surface area contributed by atoms with Crippen molar-refractivity contribution in [3.05, 3.63) is 101 Å². The van der Waals surface area contributed by atoms with Crippen molar-refractivity contribution in [1.82, 2.24) is 0 Å². The van der Waals surface area contributed by atoms with Gasteiger partial charge in [0.05, 0.1) is 0 Å². The van der Waals surface area contributed by atoms with Gasteiger partial charge < -0.3 is 0 Å². The minimum atomic E-state index is 1.00. The molecule has 1 heteroatoms. The molecule has 0 radical (unpaired) electrons. The molecule has 0 amide bonds. The fraction of sp³-hybridized carbons (Fsp3) is 0.100. The minimum absolute atomic E-state index is 1.00. The first-order valence-electron chi connectivity index (χ1n) is 7.48. The standard InChI is InChI=1S/C20H17.Li/c1-3-9-17(10-4-1)15-19-13-7-8-14-20(19)16-18-11-5-2-6-12-18;/h1-13H,15-16H2;. The van der Waals surface area contributed by atoms with E-state index in [1.165, 1.54) is 26.5 Å². The summed E-state index contributed by atoms with van der Waals surface area (Å²) >= 11 is 2.22. The van der Waals surface area contributed by atoms with E-state index in [1.807, 2.05) is 0 Å². The summed E-state index contributed by atoms with van der Waals surface area (Å²) in [7, 11) is 0. The van der Waals surface area contributed by atoms with Gasteiger partial charge in [-0.05, 0) is 0 Å². The summed E-state index contributed by atoms with van der Waals surface area (Å²) < 4.78 is 1.38. The van der Waals surface area contributed by atoms with E-state index in [0.717, 1.165) is 12.8 Å². The zero-order valence-corrected chi connectivity index (χ0v) is 12.4. The molecule has 98 valence electrons. The van der Waals surface area contributed by atoms with Crippen LogP contribution >= 0.6 is 0 Å². The van der Waals surface area contributed by atoms with Crippen LogP contribution in [0.3, 0.4) is 0 Å². The molecule has 0 atom stereocenters. The van der Waals surface area contributed by atoms with Crippen molar-refractivity contribution in [2.45, 2.75) is 12.8 Å². The molecular formula is C20H17Li. The Morgan fingerprint density at radius 1 is 0.571 bits per heavy atom. The number of hydrogen-bond donors (Lipinski definition) is 0. The van der Waals surface area contributed by atoms with Crippen LogP contribution in [0.25, 0.3) is 0 Å². The summed E-state index contributed by atoms with van der Waals surface area (Å²) in [6, 6.07) is 28.1. The predicted octanol–water partition coefficient (Wildman–Crippen LogP) is 3.66. The molecule has 0 aromatic heterocycles. The molecule has 0 aliphatic heterocycles. The maximum atomic E-state index is 2.26. The molecule has 0 fully saturated rings. The van der Waals surface area contributed by atoms with Crippen LogP contribution in [-0.2, 0) is 12.8 Å². The fourth-order valence-electron chi connectivity index (χ4n) is 2.80. The van der Waals surface area contributed by atoms with Gasteiger partial charge in [-0.1, -0.05) is 0 Å². The summed E-state index contributed by atoms with van der Waals surface area (Å²) in [6.45, 7) is 0. The van der Waals surface area contributed by atoms with Gasteiger partial charge in [0.1, 0.15) is 0 Å². The summed E-state index contributed by atoms with van der Waals surface area (Å²) in [4.78, 5) is 0. The van der Waals surface area contributed by atoms with E-state index in [4.69, 9.17) is 0 Å². The Bertz CT molecular complexity index is 702. The van der Waals surface area contributed by atoms with Crippen molar-refractivity contribution >= 4 is 22.0 Å². The normalized spacial score (nSPS) is 10.6. The molecular weight excluding hydrogens is 247 g/mol. The Labute approximate surface area is 136 Å². The molecule has 0 aliphatic carbocycles. The van der Waals surface area contributed by atoms with Crippen LogP contribution in [0.15, 0.2) is 78.9 Å². The summed E-state index contributed by atoms with van der Waals surface area (Å²) in [6.07, 6.45) is 2.01. The molecule has 3 rings (SSSR count). The van der Waals surface area contributed by atoms with Crippen molar-refractivity contribution in [2.75, 3.05) is 0 Å². The zero-order valence-electron chi connectivity index (χ0n) is 12.4. The van der Waals surface area contributed by atoms with Crippen LogP contribution < -0.4 is 4.24 Å². The maximum absolute atomic E-state index is 2.26. The second-order valence-electron chi connectivity index (χ2n) is 5.54. The van der Waals surface area contributed by atoms with E-state index in [9.17, 15) is 0 Å². The molecule has 0 heterocycles. The average molecular weight is 264 g/mol. The first kappa shape index (κ1) is 14.2. The van der Waals surface area contributed by atoms with Gasteiger partial charge in [0.15, 0.2) is 0 Å². The third kappa shape index (κ3) is 3.67. The molecule has 0 spiro atoms. The molecule has 0 bridgehead atoms. The van der Waals surface area contributed by atoms with Gasteiger partial charge in [0.2, 0.25) is 0 Å². The van der Waals surface area contributed by atoms with E-state index in [-0.39, 0.29) is 0 Å². The van der Waals surface area contributed by atoms with Gasteiger partial charge in [-0.25, -0.2) is 0 Å². The SMILES string of the molecule is [Li][c]1cccc(Cc2ccccc2)c1Cc1ccccc1. The van der Waals surface area contributed by atoms with Crippen molar-refractivity contribution in [1.29, 1.82) is 0 Å². The van der Waals surface area contributed by atoms with Gasteiger partial charge in [-0.3, -0.25) is 0 Å². The molecule has 21 heavy (non-hydrogen) atoms. The number of rotatable bonds is 4. The molecule has 3 aromatic carbocycles. The van der Waals surface area contributed by atoms with Crippen LogP contribution in [0, 0.1) is 0 Å². The Balaban J connectivity index is 1.92. The predicted molar refractivity (Wildman–Crippen MR) is 90.3 cm³/mol. The summed E-state index contributed by atoms with van der Waals surface area (Å²) in [5.74, 6) is 0. The average Bonchev–Trinajstić information content (AvgIpc) is 2.53. The first-order chi connectivity index (χ1) is 10.3. The Morgan fingerprint density at radius 2 is 1.14 bits per heavy atom. The summed E-state index contributed by atoms with van der Waals surface area (Å²) in [5.41, 5.74) is 5.65. The van der Waals surface area contributed by atoms with E-state index in [0.29, 0.717) is 0 Å². The van der Waals surface area contributed by atoms with E-state index >= 15 is 0 Å². The Kier molecular flexibility index (Phi) is 4.61. The second kappa shape index (κ2) is 6.81. The Hall–Kier alpha value is -1.74. The molecule has 3 aromatic rings. The van der Waals surface area contributed by atoms with Crippen LogP contribution in [-0.4, -0.2) is 17.7 Å². The van der Waals surface area contributed by atoms with Crippen molar-refractivity contribution < 1.29 is 0 Å². The van der Waals surface area contributed by atoms with E-state index in [2.05, 4.69) is 96.6 Å². The molecule has 0 saturated heterocycles. The van der Waals surface area contributed by atoms with Crippen LogP contribution in [0.5, 0.6) is 0 Å². The van der Waals surface area contributed by atoms with Crippen molar-refractivity contribution in [3.63, 3.8) is 0 Å².